The number of allylic oxidation sites excluding steroid dienone is 14. The number of carbonyl (C=O) groups is 3. The average Bonchev–Trinajstić information content (AvgIpc) is 3.49. The fraction of sp³-hybridized carbons (Fsp3) is 0.779. The minimum Gasteiger partial charge on any atom is -0.462 e. The maximum Gasteiger partial charge on any atom is 0.306 e. The molecule has 1 atom stereocenters. The molecule has 0 bridgehead atoms. The van der Waals surface area contributed by atoms with Crippen molar-refractivity contribution >= 4 is 17.9 Å². The first-order valence-corrected chi connectivity index (χ1v) is 36.1. The van der Waals surface area contributed by atoms with Crippen molar-refractivity contribution in [2.24, 2.45) is 0 Å². The Labute approximate surface area is 515 Å². The van der Waals surface area contributed by atoms with Crippen molar-refractivity contribution in [3.8, 4) is 0 Å². The van der Waals surface area contributed by atoms with E-state index in [0.29, 0.717) is 19.3 Å². The first kappa shape index (κ1) is 79.6. The first-order chi connectivity index (χ1) is 41.0. The molecular formula is C77H136O6. The van der Waals surface area contributed by atoms with Gasteiger partial charge in [0, 0.05) is 19.3 Å². The number of hydrogen-bond donors (Lipinski definition) is 0. The maximum absolute atomic E-state index is 13.0. The highest BCUT2D eigenvalue weighted by molar-refractivity contribution is 5.71. The summed E-state index contributed by atoms with van der Waals surface area (Å²) in [5.41, 5.74) is 0. The lowest BCUT2D eigenvalue weighted by atomic mass is 10.0. The molecule has 0 heterocycles. The van der Waals surface area contributed by atoms with Crippen molar-refractivity contribution in [2.75, 3.05) is 13.2 Å². The molecule has 0 amide bonds. The van der Waals surface area contributed by atoms with Crippen LogP contribution in [0.1, 0.15) is 367 Å². The third-order valence-electron chi connectivity index (χ3n) is 15.9. The molecule has 480 valence electrons. The molecule has 0 saturated carbocycles. The Balaban J connectivity index is 4.40. The van der Waals surface area contributed by atoms with Crippen molar-refractivity contribution in [1.29, 1.82) is 0 Å². The van der Waals surface area contributed by atoms with Gasteiger partial charge in [-0.3, -0.25) is 14.4 Å². The van der Waals surface area contributed by atoms with Gasteiger partial charge in [-0.15, -0.1) is 0 Å². The maximum atomic E-state index is 13.0. The quantitative estimate of drug-likeness (QED) is 0.0261. The lowest BCUT2D eigenvalue weighted by Gasteiger charge is -2.18. The summed E-state index contributed by atoms with van der Waals surface area (Å²) in [6.07, 6.45) is 94.6. The number of hydrogen-bond acceptors (Lipinski definition) is 6. The SMILES string of the molecule is CC/C=C\C/C=C\C/C=C\C/C=C\C/C=C\C/C=C\CCCCCCC(=O)OCC(COC(=O)CCCCCCCCCCC/C=C\CCCCCCCC)OC(=O)CCCCCCCCCCCCCCCCCCCCCCCCC. The van der Waals surface area contributed by atoms with Crippen LogP contribution in [0.3, 0.4) is 0 Å². The topological polar surface area (TPSA) is 78.9 Å². The van der Waals surface area contributed by atoms with Crippen molar-refractivity contribution in [3.05, 3.63) is 85.1 Å². The molecule has 0 N–H and O–H groups in total. The molecule has 0 aromatic heterocycles. The molecule has 1 unspecified atom stereocenters. The summed E-state index contributed by atoms with van der Waals surface area (Å²) in [6.45, 7) is 6.56. The number of carbonyl (C=O) groups excluding carboxylic acids is 3. The van der Waals surface area contributed by atoms with Crippen LogP contribution in [0.2, 0.25) is 0 Å². The van der Waals surface area contributed by atoms with Gasteiger partial charge in [0.1, 0.15) is 13.2 Å². The van der Waals surface area contributed by atoms with Crippen molar-refractivity contribution in [1.82, 2.24) is 0 Å². The molecule has 83 heavy (non-hydrogen) atoms. The highest BCUT2D eigenvalue weighted by Crippen LogP contribution is 2.18. The number of esters is 3. The van der Waals surface area contributed by atoms with Crippen molar-refractivity contribution in [3.63, 3.8) is 0 Å². The second-order valence-electron chi connectivity index (χ2n) is 24.1. The zero-order valence-corrected chi connectivity index (χ0v) is 55.2. The normalized spacial score (nSPS) is 12.6. The van der Waals surface area contributed by atoms with Crippen LogP contribution < -0.4 is 0 Å². The summed E-state index contributed by atoms with van der Waals surface area (Å²) in [4.78, 5) is 38.5. The standard InChI is InChI=1S/C77H136O6/c1-4-7-10-13-16-19-22-25-28-31-34-36-38-40-43-46-49-52-55-58-61-64-67-70-76(79)82-73-74(72-81-75(78)69-66-63-60-57-54-51-48-45-42-33-30-27-24-21-18-15-12-9-6-3)83-77(80)71-68-65-62-59-56-53-50-47-44-41-39-37-35-32-29-26-23-20-17-14-11-8-5-2/h7,10,16,19,25,27-28,30,34,36,40,43,49,52,74H,4-6,8-9,11-15,17-18,20-24,26,29,31-33,35,37-39,41-42,44-48,50-51,53-73H2,1-3H3/b10-7-,19-16-,28-25-,30-27-,36-34-,43-40-,52-49-. The van der Waals surface area contributed by atoms with E-state index in [0.717, 1.165) is 109 Å². The van der Waals surface area contributed by atoms with Crippen LogP contribution in [0, 0.1) is 0 Å². The van der Waals surface area contributed by atoms with E-state index >= 15 is 0 Å². The van der Waals surface area contributed by atoms with Crippen LogP contribution in [0.4, 0.5) is 0 Å². The second kappa shape index (κ2) is 71.1. The molecule has 6 nitrogen and oxygen atoms in total. The molecule has 0 aliphatic heterocycles. The molecule has 0 saturated heterocycles. The predicted molar refractivity (Wildman–Crippen MR) is 362 cm³/mol. The highest BCUT2D eigenvalue weighted by atomic mass is 16.6. The van der Waals surface area contributed by atoms with E-state index in [1.54, 1.807) is 0 Å². The summed E-state index contributed by atoms with van der Waals surface area (Å²) in [7, 11) is 0. The van der Waals surface area contributed by atoms with Gasteiger partial charge in [0.2, 0.25) is 0 Å². The molecule has 0 spiro atoms. The molecule has 0 aromatic rings. The zero-order valence-electron chi connectivity index (χ0n) is 55.2. The van der Waals surface area contributed by atoms with Gasteiger partial charge in [0.05, 0.1) is 0 Å². The second-order valence-corrected chi connectivity index (χ2v) is 24.1. The van der Waals surface area contributed by atoms with E-state index in [1.807, 2.05) is 0 Å². The molecule has 0 aliphatic carbocycles. The Morgan fingerprint density at radius 1 is 0.253 bits per heavy atom. The van der Waals surface area contributed by atoms with E-state index in [2.05, 4.69) is 106 Å². The minimum atomic E-state index is -0.789. The first-order valence-electron chi connectivity index (χ1n) is 36.1. The molecule has 0 rings (SSSR count). The monoisotopic (exact) mass is 1160 g/mol. The molecule has 0 aliphatic rings. The summed E-state index contributed by atoms with van der Waals surface area (Å²) in [6, 6.07) is 0. The van der Waals surface area contributed by atoms with Crippen molar-refractivity contribution < 1.29 is 28.6 Å². The van der Waals surface area contributed by atoms with Gasteiger partial charge < -0.3 is 14.2 Å². The summed E-state index contributed by atoms with van der Waals surface area (Å²) in [5.74, 6) is -0.888. The lowest BCUT2D eigenvalue weighted by molar-refractivity contribution is -0.167. The summed E-state index contributed by atoms with van der Waals surface area (Å²) in [5, 5.41) is 0. The van der Waals surface area contributed by atoms with Gasteiger partial charge >= 0.3 is 17.9 Å². The Hall–Kier alpha value is -3.41. The van der Waals surface area contributed by atoms with Gasteiger partial charge in [-0.05, 0) is 96.3 Å². The van der Waals surface area contributed by atoms with E-state index < -0.39 is 6.10 Å². The third kappa shape index (κ3) is 69.3. The largest absolute Gasteiger partial charge is 0.462 e. The van der Waals surface area contributed by atoms with Crippen LogP contribution in [-0.4, -0.2) is 37.2 Å². The fourth-order valence-electron chi connectivity index (χ4n) is 10.5. The zero-order chi connectivity index (χ0) is 59.9. The minimum absolute atomic E-state index is 0.0826. The van der Waals surface area contributed by atoms with Gasteiger partial charge in [0.25, 0.3) is 0 Å². The molecule has 6 heteroatoms. The predicted octanol–water partition coefficient (Wildman–Crippen LogP) is 25.0. The number of rotatable bonds is 66. The van der Waals surface area contributed by atoms with Gasteiger partial charge in [-0.2, -0.15) is 0 Å². The molecule has 0 fully saturated rings. The fourth-order valence-corrected chi connectivity index (χ4v) is 10.5. The van der Waals surface area contributed by atoms with E-state index in [1.165, 1.54) is 218 Å². The Bertz CT molecular complexity index is 1570. The van der Waals surface area contributed by atoms with Crippen LogP contribution in [0.15, 0.2) is 85.1 Å². The van der Waals surface area contributed by atoms with Crippen LogP contribution in [0.5, 0.6) is 0 Å². The number of unbranched alkanes of at least 4 members (excludes halogenated alkanes) is 41. The molecular weight excluding hydrogens is 1020 g/mol. The van der Waals surface area contributed by atoms with Crippen LogP contribution in [-0.2, 0) is 28.6 Å². The van der Waals surface area contributed by atoms with Crippen LogP contribution in [0.25, 0.3) is 0 Å². The van der Waals surface area contributed by atoms with Crippen molar-refractivity contribution in [2.45, 2.75) is 374 Å². The smallest absolute Gasteiger partial charge is 0.306 e. The van der Waals surface area contributed by atoms with E-state index in [9.17, 15) is 14.4 Å². The Morgan fingerprint density at radius 3 is 0.747 bits per heavy atom. The Morgan fingerprint density at radius 2 is 0.470 bits per heavy atom. The molecule has 0 radical (unpaired) electrons. The van der Waals surface area contributed by atoms with E-state index in [-0.39, 0.29) is 31.1 Å². The highest BCUT2D eigenvalue weighted by Gasteiger charge is 2.19. The third-order valence-corrected chi connectivity index (χ3v) is 15.9. The molecule has 0 aromatic carbocycles. The summed E-state index contributed by atoms with van der Waals surface area (Å²) < 4.78 is 17.0. The average molecular weight is 1160 g/mol. The van der Waals surface area contributed by atoms with E-state index in [4.69, 9.17) is 14.2 Å². The number of ether oxygens (including phenoxy) is 3. The van der Waals surface area contributed by atoms with Crippen LogP contribution >= 0.6 is 0 Å². The lowest BCUT2D eigenvalue weighted by Crippen LogP contribution is -2.30. The Kier molecular flexibility index (Phi) is 68.2. The van der Waals surface area contributed by atoms with Gasteiger partial charge in [-0.25, -0.2) is 0 Å². The summed E-state index contributed by atoms with van der Waals surface area (Å²) >= 11 is 0. The van der Waals surface area contributed by atoms with Gasteiger partial charge in [-0.1, -0.05) is 337 Å². The van der Waals surface area contributed by atoms with Gasteiger partial charge in [0.15, 0.2) is 6.10 Å².